The van der Waals surface area contributed by atoms with E-state index < -0.39 is 7.60 Å². The summed E-state index contributed by atoms with van der Waals surface area (Å²) in [6, 6.07) is 1.77. The molecule has 0 saturated heterocycles. The first-order chi connectivity index (χ1) is 6.70. The molecule has 0 atom stereocenters. The van der Waals surface area contributed by atoms with Crippen LogP contribution in [0.4, 0.5) is 0 Å². The van der Waals surface area contributed by atoms with Gasteiger partial charge in [-0.1, -0.05) is 0 Å². The molecule has 1 aromatic heterocycles. The maximum atomic E-state index is 12.0. The molecule has 0 saturated carbocycles. The van der Waals surface area contributed by atoms with Gasteiger partial charge in [-0.3, -0.25) is 9.25 Å². The third-order valence-corrected chi connectivity index (χ3v) is 3.47. The third kappa shape index (κ3) is 3.25. The van der Waals surface area contributed by atoms with E-state index in [2.05, 4.69) is 5.10 Å². The first-order valence-electron chi connectivity index (χ1n) is 4.55. The van der Waals surface area contributed by atoms with Gasteiger partial charge in [0.25, 0.3) is 0 Å². The zero-order chi connectivity index (χ0) is 10.4. The van der Waals surface area contributed by atoms with E-state index in [1.807, 2.05) is 0 Å². The fourth-order valence-corrected chi connectivity index (χ4v) is 2.62. The predicted molar refractivity (Wildman–Crippen MR) is 53.1 cm³/mol. The summed E-state index contributed by atoms with van der Waals surface area (Å²) in [6.45, 7) is 4.32. The molecule has 0 unspecified atom stereocenters. The Morgan fingerprint density at radius 1 is 1.36 bits per heavy atom. The van der Waals surface area contributed by atoms with Crippen molar-refractivity contribution in [2.45, 2.75) is 20.1 Å². The molecule has 14 heavy (non-hydrogen) atoms. The fraction of sp³-hybridized carbons (Fsp3) is 0.625. The maximum absolute atomic E-state index is 12.0. The molecular formula is C8H15N2O3P. The minimum Gasteiger partial charge on any atom is -0.308 e. The molecule has 0 aliphatic carbocycles. The zero-order valence-corrected chi connectivity index (χ0v) is 9.31. The van der Waals surface area contributed by atoms with Crippen molar-refractivity contribution in [3.05, 3.63) is 18.5 Å². The summed E-state index contributed by atoms with van der Waals surface area (Å²) in [5.41, 5.74) is 0. The Balaban J connectivity index is 2.64. The van der Waals surface area contributed by atoms with Gasteiger partial charge in [-0.2, -0.15) is 5.10 Å². The lowest BCUT2D eigenvalue weighted by atomic mass is 10.8. The lowest BCUT2D eigenvalue weighted by molar-refractivity contribution is 0.213. The van der Waals surface area contributed by atoms with Crippen LogP contribution in [0.3, 0.4) is 0 Å². The van der Waals surface area contributed by atoms with Gasteiger partial charge in [0.15, 0.2) is 0 Å². The largest absolute Gasteiger partial charge is 0.351 e. The Morgan fingerprint density at radius 2 is 2.00 bits per heavy atom. The van der Waals surface area contributed by atoms with Gasteiger partial charge in [0.1, 0.15) is 6.29 Å². The zero-order valence-electron chi connectivity index (χ0n) is 8.42. The Kier molecular flexibility index (Phi) is 4.32. The Hall–Kier alpha value is -0.640. The topological polar surface area (TPSA) is 53.4 Å². The van der Waals surface area contributed by atoms with Crippen LogP contribution in [-0.4, -0.2) is 23.0 Å². The second-order valence-electron chi connectivity index (χ2n) is 2.63. The van der Waals surface area contributed by atoms with E-state index in [4.69, 9.17) is 9.05 Å². The SMILES string of the molecule is CCOP(=O)(Cn1cccn1)OCC. The van der Waals surface area contributed by atoms with E-state index in [9.17, 15) is 4.57 Å². The minimum absolute atomic E-state index is 0.168. The van der Waals surface area contributed by atoms with Crippen molar-refractivity contribution in [1.82, 2.24) is 9.78 Å². The molecule has 0 aliphatic rings. The minimum atomic E-state index is -3.01. The van der Waals surface area contributed by atoms with Crippen LogP contribution in [0.2, 0.25) is 0 Å². The number of hydrogen-bond acceptors (Lipinski definition) is 4. The van der Waals surface area contributed by atoms with Gasteiger partial charge < -0.3 is 9.05 Å². The lowest BCUT2D eigenvalue weighted by Gasteiger charge is -2.16. The maximum Gasteiger partial charge on any atom is 0.351 e. The van der Waals surface area contributed by atoms with E-state index in [-0.39, 0.29) is 6.29 Å². The quantitative estimate of drug-likeness (QED) is 0.686. The number of aromatic nitrogens is 2. The van der Waals surface area contributed by atoms with E-state index in [0.717, 1.165) is 0 Å². The second kappa shape index (κ2) is 5.29. The second-order valence-corrected chi connectivity index (χ2v) is 4.65. The van der Waals surface area contributed by atoms with Gasteiger partial charge in [-0.15, -0.1) is 0 Å². The summed E-state index contributed by atoms with van der Waals surface area (Å²) in [7, 11) is -3.01. The summed E-state index contributed by atoms with van der Waals surface area (Å²) in [6.07, 6.45) is 3.52. The number of hydrogen-bond donors (Lipinski definition) is 0. The van der Waals surface area contributed by atoms with E-state index >= 15 is 0 Å². The lowest BCUT2D eigenvalue weighted by Crippen LogP contribution is -2.05. The van der Waals surface area contributed by atoms with Gasteiger partial charge in [0, 0.05) is 12.4 Å². The van der Waals surface area contributed by atoms with Gasteiger partial charge >= 0.3 is 7.60 Å². The van der Waals surface area contributed by atoms with Gasteiger partial charge in [-0.25, -0.2) is 0 Å². The van der Waals surface area contributed by atoms with E-state index in [0.29, 0.717) is 13.2 Å². The molecule has 1 rings (SSSR count). The summed E-state index contributed by atoms with van der Waals surface area (Å²) < 4.78 is 23.8. The molecular weight excluding hydrogens is 203 g/mol. The van der Waals surface area contributed by atoms with Gasteiger partial charge in [0.05, 0.1) is 13.2 Å². The van der Waals surface area contributed by atoms with Crippen molar-refractivity contribution >= 4 is 7.60 Å². The fourth-order valence-electron chi connectivity index (χ4n) is 1.07. The molecule has 0 aromatic carbocycles. The average Bonchev–Trinajstić information content (AvgIpc) is 2.57. The van der Waals surface area contributed by atoms with Crippen LogP contribution in [0, 0.1) is 0 Å². The van der Waals surface area contributed by atoms with Crippen LogP contribution in [0.15, 0.2) is 18.5 Å². The van der Waals surface area contributed by atoms with Crippen molar-refractivity contribution in [2.24, 2.45) is 0 Å². The highest BCUT2D eigenvalue weighted by atomic mass is 31.2. The van der Waals surface area contributed by atoms with Crippen LogP contribution in [0.1, 0.15) is 13.8 Å². The summed E-state index contributed by atoms with van der Waals surface area (Å²) in [5.74, 6) is 0. The smallest absolute Gasteiger partial charge is 0.308 e. The molecule has 0 radical (unpaired) electrons. The van der Waals surface area contributed by atoms with Crippen LogP contribution in [0.5, 0.6) is 0 Å². The molecule has 0 aliphatic heterocycles. The molecule has 1 aromatic rings. The standard InChI is InChI=1S/C8H15N2O3P/c1-3-12-14(11,13-4-2)8-10-7-5-6-9-10/h5-7H,3-4,8H2,1-2H3. The van der Waals surface area contributed by atoms with Crippen molar-refractivity contribution < 1.29 is 13.6 Å². The summed E-state index contributed by atoms with van der Waals surface area (Å²) >= 11 is 0. The van der Waals surface area contributed by atoms with Crippen LogP contribution in [0.25, 0.3) is 0 Å². The molecule has 0 amide bonds. The van der Waals surface area contributed by atoms with Crippen molar-refractivity contribution in [3.63, 3.8) is 0 Å². The molecule has 80 valence electrons. The Labute approximate surface area is 83.6 Å². The highest BCUT2D eigenvalue weighted by molar-refractivity contribution is 7.52. The van der Waals surface area contributed by atoms with Crippen molar-refractivity contribution in [2.75, 3.05) is 13.2 Å². The molecule has 0 N–H and O–H groups in total. The van der Waals surface area contributed by atoms with Gasteiger partial charge in [-0.05, 0) is 19.9 Å². The molecule has 1 heterocycles. The molecule has 0 bridgehead atoms. The normalized spacial score (nSPS) is 11.9. The molecule has 0 spiro atoms. The molecule has 6 heteroatoms. The monoisotopic (exact) mass is 218 g/mol. The summed E-state index contributed by atoms with van der Waals surface area (Å²) in [4.78, 5) is 0. The average molecular weight is 218 g/mol. The van der Waals surface area contributed by atoms with Gasteiger partial charge in [0.2, 0.25) is 0 Å². The van der Waals surface area contributed by atoms with Crippen LogP contribution < -0.4 is 0 Å². The van der Waals surface area contributed by atoms with Crippen molar-refractivity contribution in [1.29, 1.82) is 0 Å². The van der Waals surface area contributed by atoms with Crippen molar-refractivity contribution in [3.8, 4) is 0 Å². The third-order valence-electron chi connectivity index (χ3n) is 1.53. The molecule has 5 nitrogen and oxygen atoms in total. The Bertz CT molecular complexity index is 290. The predicted octanol–water partition coefficient (Wildman–Crippen LogP) is 2.11. The highest BCUT2D eigenvalue weighted by Gasteiger charge is 2.24. The first-order valence-corrected chi connectivity index (χ1v) is 6.28. The number of nitrogens with zero attached hydrogens (tertiary/aromatic N) is 2. The highest BCUT2D eigenvalue weighted by Crippen LogP contribution is 2.49. The first kappa shape index (κ1) is 11.4. The Morgan fingerprint density at radius 3 is 2.43 bits per heavy atom. The van der Waals surface area contributed by atoms with Crippen LogP contribution in [-0.2, 0) is 19.9 Å². The molecule has 0 fully saturated rings. The van der Waals surface area contributed by atoms with E-state index in [1.165, 1.54) is 0 Å². The number of rotatable bonds is 6. The summed E-state index contributed by atoms with van der Waals surface area (Å²) in [5, 5.41) is 3.95. The van der Waals surface area contributed by atoms with E-state index in [1.54, 1.807) is 37.0 Å². The van der Waals surface area contributed by atoms with Crippen LogP contribution >= 0.6 is 7.60 Å².